The molecule has 1 N–H and O–H groups in total. The Hall–Kier alpha value is -3.58. The number of likely N-dealkylation sites (tertiary alicyclic amines) is 1. The molecular formula is C31H37N3O4. The van der Waals surface area contributed by atoms with Gasteiger partial charge in [0.05, 0.1) is 12.2 Å². The lowest BCUT2D eigenvalue weighted by Crippen LogP contribution is -2.44. The van der Waals surface area contributed by atoms with Crippen LogP contribution in [0.25, 0.3) is 0 Å². The topological polar surface area (TPSA) is 75.0 Å². The molecule has 5 rings (SSSR count). The first-order valence-electron chi connectivity index (χ1n) is 13.6. The van der Waals surface area contributed by atoms with Crippen LogP contribution in [-0.2, 0) is 23.3 Å². The van der Waals surface area contributed by atoms with E-state index in [0.29, 0.717) is 11.5 Å². The predicted octanol–water partition coefficient (Wildman–Crippen LogP) is 5.29. The number of piperidine rings is 1. The van der Waals surface area contributed by atoms with Gasteiger partial charge in [0.15, 0.2) is 12.4 Å². The number of amides is 2. The van der Waals surface area contributed by atoms with Gasteiger partial charge < -0.3 is 14.5 Å². The van der Waals surface area contributed by atoms with Crippen LogP contribution in [0.3, 0.4) is 0 Å². The second-order valence-corrected chi connectivity index (χ2v) is 11.0. The molecule has 2 amide bonds. The fraction of sp³-hybridized carbons (Fsp3) is 0.419. The lowest BCUT2D eigenvalue weighted by molar-refractivity contribution is -0.121. The summed E-state index contributed by atoms with van der Waals surface area (Å²) in [6, 6.07) is 20.1. The minimum absolute atomic E-state index is 0.0134. The standard InChI is InChI=1S/C31H37N3O4/c1-4-31(2,3)23-10-12-27-26(18-23)34(29(35)21-37-27)20-25-11-13-28(38-25)30(36)32-24-14-16-33(17-15-24)19-22-8-6-5-7-9-22/h5-13,18,24H,4,14-17,19-21H2,1-3H3,(H,32,36). The zero-order valence-electron chi connectivity index (χ0n) is 22.5. The average Bonchev–Trinajstić information content (AvgIpc) is 3.41. The summed E-state index contributed by atoms with van der Waals surface area (Å²) < 4.78 is 11.6. The van der Waals surface area contributed by atoms with Crippen LogP contribution in [0.5, 0.6) is 5.75 Å². The van der Waals surface area contributed by atoms with Crippen LogP contribution in [0.4, 0.5) is 5.69 Å². The molecule has 3 heterocycles. The first-order chi connectivity index (χ1) is 18.3. The van der Waals surface area contributed by atoms with Crippen LogP contribution < -0.4 is 15.0 Å². The Bertz CT molecular complexity index is 1280. The highest BCUT2D eigenvalue weighted by Gasteiger charge is 2.30. The summed E-state index contributed by atoms with van der Waals surface area (Å²) in [6.45, 7) is 9.59. The van der Waals surface area contributed by atoms with Gasteiger partial charge in [-0.15, -0.1) is 0 Å². The van der Waals surface area contributed by atoms with Crippen molar-refractivity contribution in [1.29, 1.82) is 0 Å². The number of hydrogen-bond donors (Lipinski definition) is 1. The van der Waals surface area contributed by atoms with Gasteiger partial charge >= 0.3 is 0 Å². The second-order valence-electron chi connectivity index (χ2n) is 11.0. The van der Waals surface area contributed by atoms with Gasteiger partial charge in [-0.25, -0.2) is 0 Å². The number of fused-ring (bicyclic) bond motifs is 1. The number of carbonyl (C=O) groups is 2. The lowest BCUT2D eigenvalue weighted by Gasteiger charge is -2.32. The Morgan fingerprint density at radius 1 is 1.03 bits per heavy atom. The zero-order valence-corrected chi connectivity index (χ0v) is 22.5. The number of nitrogens with one attached hydrogen (secondary N) is 1. The summed E-state index contributed by atoms with van der Waals surface area (Å²) in [4.78, 5) is 29.9. The molecule has 2 aliphatic heterocycles. The molecule has 1 saturated heterocycles. The van der Waals surface area contributed by atoms with E-state index >= 15 is 0 Å². The van der Waals surface area contributed by atoms with E-state index in [4.69, 9.17) is 9.15 Å². The maximum absolute atomic E-state index is 12.9. The molecule has 0 unspecified atom stereocenters. The molecule has 2 aliphatic rings. The van der Waals surface area contributed by atoms with Gasteiger partial charge in [0, 0.05) is 25.7 Å². The Kier molecular flexibility index (Phi) is 7.56. The first-order valence-corrected chi connectivity index (χ1v) is 13.6. The fourth-order valence-electron chi connectivity index (χ4n) is 5.07. The summed E-state index contributed by atoms with van der Waals surface area (Å²) >= 11 is 0. The molecule has 1 fully saturated rings. The molecule has 2 aromatic carbocycles. The number of carbonyl (C=O) groups excluding carboxylic acids is 2. The van der Waals surface area contributed by atoms with Crippen molar-refractivity contribution in [3.8, 4) is 5.75 Å². The normalized spacial score (nSPS) is 16.7. The van der Waals surface area contributed by atoms with Gasteiger partial charge in [-0.3, -0.25) is 19.4 Å². The van der Waals surface area contributed by atoms with Crippen LogP contribution >= 0.6 is 0 Å². The molecular weight excluding hydrogens is 478 g/mol. The number of rotatable bonds is 8. The highest BCUT2D eigenvalue weighted by atomic mass is 16.5. The Labute approximate surface area is 224 Å². The van der Waals surface area contributed by atoms with Crippen molar-refractivity contribution in [3.05, 3.63) is 83.3 Å². The Morgan fingerprint density at radius 2 is 1.79 bits per heavy atom. The molecule has 7 heteroatoms. The largest absolute Gasteiger partial charge is 0.482 e. The quantitative estimate of drug-likeness (QED) is 0.441. The van der Waals surface area contributed by atoms with Crippen LogP contribution in [0.15, 0.2) is 65.1 Å². The minimum Gasteiger partial charge on any atom is -0.482 e. The Morgan fingerprint density at radius 3 is 2.53 bits per heavy atom. The van der Waals surface area contributed by atoms with Gasteiger partial charge in [0.2, 0.25) is 0 Å². The van der Waals surface area contributed by atoms with Crippen molar-refractivity contribution in [2.24, 2.45) is 0 Å². The number of furan rings is 1. The molecule has 0 saturated carbocycles. The maximum Gasteiger partial charge on any atom is 0.287 e. The van der Waals surface area contributed by atoms with Crippen molar-refractivity contribution in [2.45, 2.75) is 64.6 Å². The fourth-order valence-corrected chi connectivity index (χ4v) is 5.07. The first kappa shape index (κ1) is 26.0. The van der Waals surface area contributed by atoms with Crippen molar-refractivity contribution < 1.29 is 18.7 Å². The van der Waals surface area contributed by atoms with E-state index in [-0.39, 0.29) is 42.2 Å². The van der Waals surface area contributed by atoms with Gasteiger partial charge in [-0.2, -0.15) is 0 Å². The van der Waals surface area contributed by atoms with E-state index in [1.807, 2.05) is 18.2 Å². The Balaban J connectivity index is 1.20. The average molecular weight is 516 g/mol. The van der Waals surface area contributed by atoms with Crippen molar-refractivity contribution in [2.75, 3.05) is 24.6 Å². The van der Waals surface area contributed by atoms with Crippen molar-refractivity contribution in [1.82, 2.24) is 10.2 Å². The van der Waals surface area contributed by atoms with E-state index in [0.717, 1.165) is 50.1 Å². The van der Waals surface area contributed by atoms with Gasteiger partial charge in [-0.1, -0.05) is 57.2 Å². The van der Waals surface area contributed by atoms with Crippen LogP contribution in [0.2, 0.25) is 0 Å². The van der Waals surface area contributed by atoms with E-state index in [2.05, 4.69) is 61.3 Å². The number of anilines is 1. The summed E-state index contributed by atoms with van der Waals surface area (Å²) in [6.07, 6.45) is 2.78. The minimum atomic E-state index is -0.210. The van der Waals surface area contributed by atoms with E-state index in [1.165, 1.54) is 5.56 Å². The van der Waals surface area contributed by atoms with Crippen molar-refractivity contribution >= 4 is 17.5 Å². The summed E-state index contributed by atoms with van der Waals surface area (Å²) in [7, 11) is 0. The lowest BCUT2D eigenvalue weighted by atomic mass is 9.82. The summed E-state index contributed by atoms with van der Waals surface area (Å²) in [5.74, 6) is 1.18. The predicted molar refractivity (Wildman–Crippen MR) is 147 cm³/mol. The highest BCUT2D eigenvalue weighted by Crippen LogP contribution is 2.38. The zero-order chi connectivity index (χ0) is 26.7. The molecule has 0 atom stereocenters. The summed E-state index contributed by atoms with van der Waals surface area (Å²) in [5.41, 5.74) is 3.18. The van der Waals surface area contributed by atoms with Gasteiger partial charge in [0.1, 0.15) is 11.5 Å². The van der Waals surface area contributed by atoms with Gasteiger partial charge in [-0.05, 0) is 60.1 Å². The molecule has 1 aromatic heterocycles. The van der Waals surface area contributed by atoms with Crippen LogP contribution in [0, 0.1) is 0 Å². The smallest absolute Gasteiger partial charge is 0.287 e. The van der Waals surface area contributed by atoms with E-state index < -0.39 is 0 Å². The number of hydrogen-bond acceptors (Lipinski definition) is 5. The van der Waals surface area contributed by atoms with Crippen LogP contribution in [0.1, 0.15) is 67.5 Å². The molecule has 3 aromatic rings. The highest BCUT2D eigenvalue weighted by molar-refractivity contribution is 5.98. The molecule has 0 aliphatic carbocycles. The molecule has 200 valence electrons. The molecule has 0 radical (unpaired) electrons. The van der Waals surface area contributed by atoms with Gasteiger partial charge in [0.25, 0.3) is 11.8 Å². The molecule has 7 nitrogen and oxygen atoms in total. The van der Waals surface area contributed by atoms with Crippen molar-refractivity contribution in [3.63, 3.8) is 0 Å². The van der Waals surface area contributed by atoms with E-state index in [1.54, 1.807) is 17.0 Å². The third-order valence-corrected chi connectivity index (χ3v) is 7.94. The third kappa shape index (κ3) is 5.78. The number of ether oxygens (including phenoxy) is 1. The molecule has 0 bridgehead atoms. The number of benzene rings is 2. The second kappa shape index (κ2) is 11.0. The van der Waals surface area contributed by atoms with Crippen LogP contribution in [-0.4, -0.2) is 42.5 Å². The monoisotopic (exact) mass is 515 g/mol. The third-order valence-electron chi connectivity index (χ3n) is 7.94. The maximum atomic E-state index is 12.9. The number of nitrogens with zero attached hydrogens (tertiary/aromatic N) is 2. The SMILES string of the molecule is CCC(C)(C)c1ccc2c(c1)N(Cc1ccc(C(=O)NC3CCN(Cc4ccccc4)CC3)o1)C(=O)CO2. The van der Waals surface area contributed by atoms with E-state index in [9.17, 15) is 9.59 Å². The molecule has 0 spiro atoms. The molecule has 38 heavy (non-hydrogen) atoms. The summed E-state index contributed by atoms with van der Waals surface area (Å²) in [5, 5.41) is 3.13.